The second-order valence-corrected chi connectivity index (χ2v) is 5.63. The quantitative estimate of drug-likeness (QED) is 0.703. The number of hydrogen-bond donors (Lipinski definition) is 0. The number of ether oxygens (including phenoxy) is 3. The molecule has 21 heavy (non-hydrogen) atoms. The van der Waals surface area contributed by atoms with Gasteiger partial charge in [-0.2, -0.15) is 0 Å². The fraction of sp³-hybridized carbons (Fsp3) is 0.250. The van der Waals surface area contributed by atoms with Gasteiger partial charge in [0.25, 0.3) is 0 Å². The zero-order chi connectivity index (χ0) is 15.4. The van der Waals surface area contributed by atoms with Crippen LogP contribution < -0.4 is 14.2 Å². The molecule has 112 valence electrons. The molecule has 0 saturated heterocycles. The third-order valence-electron chi connectivity index (χ3n) is 3.19. The first-order valence-electron chi connectivity index (χ1n) is 6.31. The fourth-order valence-electron chi connectivity index (χ4n) is 2.17. The van der Waals surface area contributed by atoms with Crippen LogP contribution in [0.2, 0.25) is 5.02 Å². The van der Waals surface area contributed by atoms with Crippen LogP contribution in [0.4, 0.5) is 0 Å². The Hall–Kier alpha value is -1.39. The molecule has 0 bridgehead atoms. The summed E-state index contributed by atoms with van der Waals surface area (Å²) in [7, 11) is 4.78. The molecular formula is C16H16BrClO3. The van der Waals surface area contributed by atoms with E-state index < -0.39 is 0 Å². The lowest BCUT2D eigenvalue weighted by Gasteiger charge is -2.19. The van der Waals surface area contributed by atoms with E-state index in [1.807, 2.05) is 36.4 Å². The largest absolute Gasteiger partial charge is 0.493 e. The average molecular weight is 372 g/mol. The molecule has 1 unspecified atom stereocenters. The summed E-state index contributed by atoms with van der Waals surface area (Å²) in [4.78, 5) is -0.110. The van der Waals surface area contributed by atoms with Gasteiger partial charge in [-0.15, -0.1) is 0 Å². The van der Waals surface area contributed by atoms with Gasteiger partial charge in [-0.25, -0.2) is 0 Å². The lowest BCUT2D eigenvalue weighted by molar-refractivity contribution is 0.322. The molecular weight excluding hydrogens is 356 g/mol. The third-order valence-corrected chi connectivity index (χ3v) is 4.52. The van der Waals surface area contributed by atoms with Crippen molar-refractivity contribution in [2.75, 3.05) is 21.3 Å². The van der Waals surface area contributed by atoms with Crippen molar-refractivity contribution in [1.29, 1.82) is 0 Å². The van der Waals surface area contributed by atoms with Crippen LogP contribution in [0.3, 0.4) is 0 Å². The van der Waals surface area contributed by atoms with Crippen molar-refractivity contribution in [2.45, 2.75) is 4.83 Å². The molecule has 0 spiro atoms. The molecule has 2 rings (SSSR count). The molecule has 0 aromatic heterocycles. The second-order valence-electron chi connectivity index (χ2n) is 4.31. The summed E-state index contributed by atoms with van der Waals surface area (Å²) < 4.78 is 16.2. The number of hydrogen-bond acceptors (Lipinski definition) is 3. The highest BCUT2D eigenvalue weighted by Gasteiger charge is 2.22. The molecule has 0 aliphatic carbocycles. The molecule has 0 N–H and O–H groups in total. The Morgan fingerprint density at radius 1 is 0.857 bits per heavy atom. The molecule has 0 fully saturated rings. The van der Waals surface area contributed by atoms with Crippen molar-refractivity contribution in [1.82, 2.24) is 0 Å². The molecule has 2 aromatic rings. The minimum absolute atomic E-state index is 0.110. The SMILES string of the molecule is COc1ccc(C(Br)c2ccccc2Cl)c(OC)c1OC. The maximum atomic E-state index is 6.27. The Kier molecular flexibility index (Phi) is 5.37. The van der Waals surface area contributed by atoms with Crippen LogP contribution in [-0.4, -0.2) is 21.3 Å². The first kappa shape index (κ1) is 16.0. The first-order chi connectivity index (χ1) is 10.1. The van der Waals surface area contributed by atoms with E-state index in [0.717, 1.165) is 11.1 Å². The summed E-state index contributed by atoms with van der Waals surface area (Å²) in [5.41, 5.74) is 1.88. The molecule has 2 aromatic carbocycles. The molecule has 0 radical (unpaired) electrons. The van der Waals surface area contributed by atoms with Crippen LogP contribution in [0.5, 0.6) is 17.2 Å². The van der Waals surface area contributed by atoms with Gasteiger partial charge in [-0.3, -0.25) is 0 Å². The highest BCUT2D eigenvalue weighted by Crippen LogP contribution is 2.46. The lowest BCUT2D eigenvalue weighted by Crippen LogP contribution is -2.01. The van der Waals surface area contributed by atoms with Gasteiger partial charge < -0.3 is 14.2 Å². The number of methoxy groups -OCH3 is 3. The molecule has 0 amide bonds. The highest BCUT2D eigenvalue weighted by atomic mass is 79.9. The van der Waals surface area contributed by atoms with Gasteiger partial charge in [0, 0.05) is 10.6 Å². The summed E-state index contributed by atoms with van der Waals surface area (Å²) >= 11 is 9.96. The van der Waals surface area contributed by atoms with Crippen LogP contribution in [0.25, 0.3) is 0 Å². The molecule has 5 heteroatoms. The smallest absolute Gasteiger partial charge is 0.203 e. The third kappa shape index (κ3) is 3.11. The van der Waals surface area contributed by atoms with Crippen molar-refractivity contribution in [3.8, 4) is 17.2 Å². The highest BCUT2D eigenvalue weighted by molar-refractivity contribution is 9.09. The molecule has 0 aliphatic heterocycles. The van der Waals surface area contributed by atoms with Crippen molar-refractivity contribution >= 4 is 27.5 Å². The fourth-order valence-corrected chi connectivity index (χ4v) is 3.31. The van der Waals surface area contributed by atoms with Gasteiger partial charge in [0.1, 0.15) is 0 Å². The Morgan fingerprint density at radius 2 is 1.52 bits per heavy atom. The van der Waals surface area contributed by atoms with Gasteiger partial charge in [0.05, 0.1) is 26.2 Å². The standard InChI is InChI=1S/C16H16BrClO3/c1-19-13-9-8-11(15(20-2)16(13)21-3)14(17)10-6-4-5-7-12(10)18/h4-9,14H,1-3H3. The van der Waals surface area contributed by atoms with E-state index in [2.05, 4.69) is 15.9 Å². The summed E-state index contributed by atoms with van der Waals surface area (Å²) in [6, 6.07) is 11.5. The predicted molar refractivity (Wildman–Crippen MR) is 88.3 cm³/mol. The molecule has 1 atom stereocenters. The van der Waals surface area contributed by atoms with Crippen molar-refractivity contribution < 1.29 is 14.2 Å². The van der Waals surface area contributed by atoms with Crippen molar-refractivity contribution in [3.63, 3.8) is 0 Å². The summed E-state index contributed by atoms with van der Waals surface area (Å²) in [5.74, 6) is 1.81. The van der Waals surface area contributed by atoms with Crippen molar-refractivity contribution in [3.05, 3.63) is 52.5 Å². The first-order valence-corrected chi connectivity index (χ1v) is 7.60. The number of benzene rings is 2. The van der Waals surface area contributed by atoms with E-state index in [9.17, 15) is 0 Å². The van der Waals surface area contributed by atoms with E-state index in [-0.39, 0.29) is 4.83 Å². The monoisotopic (exact) mass is 370 g/mol. The van der Waals surface area contributed by atoms with Crippen LogP contribution in [0.15, 0.2) is 36.4 Å². The average Bonchev–Trinajstić information content (AvgIpc) is 2.52. The predicted octanol–water partition coefficient (Wildman–Crippen LogP) is 4.85. The van der Waals surface area contributed by atoms with Gasteiger partial charge in [-0.1, -0.05) is 45.7 Å². The molecule has 0 aliphatic rings. The van der Waals surface area contributed by atoms with E-state index in [0.29, 0.717) is 22.3 Å². The Labute approximate surface area is 137 Å². The lowest BCUT2D eigenvalue weighted by atomic mass is 10.0. The number of alkyl halides is 1. The van der Waals surface area contributed by atoms with E-state index >= 15 is 0 Å². The topological polar surface area (TPSA) is 27.7 Å². The van der Waals surface area contributed by atoms with E-state index in [1.54, 1.807) is 21.3 Å². The molecule has 3 nitrogen and oxygen atoms in total. The summed E-state index contributed by atoms with van der Waals surface area (Å²) in [5, 5.41) is 0.691. The Morgan fingerprint density at radius 3 is 2.10 bits per heavy atom. The van der Waals surface area contributed by atoms with Crippen LogP contribution >= 0.6 is 27.5 Å². The zero-order valence-electron chi connectivity index (χ0n) is 12.0. The maximum absolute atomic E-state index is 6.27. The van der Waals surface area contributed by atoms with Gasteiger partial charge in [-0.05, 0) is 23.8 Å². The zero-order valence-corrected chi connectivity index (χ0v) is 14.4. The number of halogens is 2. The van der Waals surface area contributed by atoms with Gasteiger partial charge in [0.2, 0.25) is 5.75 Å². The maximum Gasteiger partial charge on any atom is 0.203 e. The molecule has 0 saturated carbocycles. The summed E-state index contributed by atoms with van der Waals surface area (Å²) in [6.07, 6.45) is 0. The van der Waals surface area contributed by atoms with Crippen LogP contribution in [-0.2, 0) is 0 Å². The van der Waals surface area contributed by atoms with Crippen molar-refractivity contribution in [2.24, 2.45) is 0 Å². The van der Waals surface area contributed by atoms with E-state index in [4.69, 9.17) is 25.8 Å². The van der Waals surface area contributed by atoms with Gasteiger partial charge in [0.15, 0.2) is 11.5 Å². The van der Waals surface area contributed by atoms with Crippen LogP contribution in [0, 0.1) is 0 Å². The second kappa shape index (κ2) is 7.05. The minimum atomic E-state index is -0.110. The molecule has 0 heterocycles. The Bertz CT molecular complexity index is 631. The normalized spacial score (nSPS) is 11.9. The van der Waals surface area contributed by atoms with E-state index in [1.165, 1.54) is 0 Å². The Balaban J connectivity index is 2.56. The summed E-state index contributed by atoms with van der Waals surface area (Å²) in [6.45, 7) is 0. The minimum Gasteiger partial charge on any atom is -0.493 e. The van der Waals surface area contributed by atoms with Gasteiger partial charge >= 0.3 is 0 Å². The number of rotatable bonds is 5. The van der Waals surface area contributed by atoms with Crippen LogP contribution in [0.1, 0.15) is 16.0 Å².